The Bertz CT molecular complexity index is 412. The summed E-state index contributed by atoms with van der Waals surface area (Å²) in [5, 5.41) is 6.02. The van der Waals surface area contributed by atoms with Gasteiger partial charge < -0.3 is 10.6 Å². The molecule has 0 bridgehead atoms. The van der Waals surface area contributed by atoms with Crippen molar-refractivity contribution in [3.05, 3.63) is 35.4 Å². The third kappa shape index (κ3) is 3.14. The average molecular weight is 232 g/mol. The molecule has 17 heavy (non-hydrogen) atoms. The van der Waals surface area contributed by atoms with Gasteiger partial charge in [0.15, 0.2) is 0 Å². The molecule has 1 atom stereocenters. The first-order valence-corrected chi connectivity index (χ1v) is 5.85. The maximum atomic E-state index is 11.7. The number of benzene rings is 1. The van der Waals surface area contributed by atoms with Gasteiger partial charge in [0.25, 0.3) is 0 Å². The first-order chi connectivity index (χ1) is 8.29. The van der Waals surface area contributed by atoms with Gasteiger partial charge in [0.05, 0.1) is 6.04 Å². The predicted molar refractivity (Wildman–Crippen MR) is 64.7 cm³/mol. The van der Waals surface area contributed by atoms with Gasteiger partial charge in [-0.3, -0.25) is 9.59 Å². The zero-order valence-corrected chi connectivity index (χ0v) is 9.61. The van der Waals surface area contributed by atoms with Gasteiger partial charge in [-0.05, 0) is 31.0 Å². The summed E-state index contributed by atoms with van der Waals surface area (Å²) in [6, 6.07) is 7.20. The summed E-state index contributed by atoms with van der Waals surface area (Å²) in [5.74, 6) is 0.0407. The molecule has 1 aliphatic rings. The highest BCUT2D eigenvalue weighted by atomic mass is 16.2. The van der Waals surface area contributed by atoms with E-state index in [1.807, 2.05) is 12.1 Å². The number of amides is 1. The molecule has 4 heteroatoms. The van der Waals surface area contributed by atoms with Crippen LogP contribution in [-0.4, -0.2) is 24.8 Å². The van der Waals surface area contributed by atoms with Crippen LogP contribution in [0.25, 0.3) is 0 Å². The molecule has 1 amide bonds. The third-order valence-electron chi connectivity index (χ3n) is 2.93. The maximum Gasteiger partial charge on any atom is 0.237 e. The molecule has 1 aromatic rings. The Hall–Kier alpha value is -1.68. The smallest absolute Gasteiger partial charge is 0.237 e. The van der Waals surface area contributed by atoms with Crippen molar-refractivity contribution < 1.29 is 9.59 Å². The second-order valence-electron chi connectivity index (χ2n) is 4.23. The molecule has 0 spiro atoms. The summed E-state index contributed by atoms with van der Waals surface area (Å²) < 4.78 is 0. The van der Waals surface area contributed by atoms with E-state index < -0.39 is 0 Å². The zero-order chi connectivity index (χ0) is 12.1. The van der Waals surface area contributed by atoms with Crippen molar-refractivity contribution >= 4 is 12.2 Å². The highest BCUT2D eigenvalue weighted by molar-refractivity contribution is 5.82. The van der Waals surface area contributed by atoms with Crippen LogP contribution in [0, 0.1) is 0 Å². The summed E-state index contributed by atoms with van der Waals surface area (Å²) >= 11 is 0. The van der Waals surface area contributed by atoms with Crippen LogP contribution in [0.4, 0.5) is 0 Å². The minimum absolute atomic E-state index is 0.0407. The first-order valence-electron chi connectivity index (χ1n) is 5.85. The van der Waals surface area contributed by atoms with E-state index in [2.05, 4.69) is 10.6 Å². The fraction of sp³-hybridized carbons (Fsp3) is 0.385. The minimum atomic E-state index is -0.0516. The fourth-order valence-electron chi connectivity index (χ4n) is 2.00. The van der Waals surface area contributed by atoms with Gasteiger partial charge >= 0.3 is 0 Å². The Morgan fingerprint density at radius 2 is 2.41 bits per heavy atom. The number of carbonyl (C=O) groups is 2. The lowest BCUT2D eigenvalue weighted by atomic mass is 10.1. The van der Waals surface area contributed by atoms with Crippen molar-refractivity contribution in [2.24, 2.45) is 0 Å². The molecule has 1 aliphatic heterocycles. The third-order valence-corrected chi connectivity index (χ3v) is 2.93. The number of hydrogen-bond donors (Lipinski definition) is 2. The van der Waals surface area contributed by atoms with Crippen LogP contribution in [0.5, 0.6) is 0 Å². The van der Waals surface area contributed by atoms with Crippen LogP contribution in [0.3, 0.4) is 0 Å². The van der Waals surface area contributed by atoms with Crippen molar-refractivity contribution in [3.8, 4) is 0 Å². The van der Waals surface area contributed by atoms with Crippen LogP contribution in [0.15, 0.2) is 24.3 Å². The number of aldehydes is 1. The van der Waals surface area contributed by atoms with Crippen LogP contribution in [0.1, 0.15) is 28.8 Å². The molecule has 0 aromatic heterocycles. The van der Waals surface area contributed by atoms with Gasteiger partial charge in [0, 0.05) is 12.1 Å². The van der Waals surface area contributed by atoms with Crippen molar-refractivity contribution in [1.82, 2.24) is 10.6 Å². The van der Waals surface area contributed by atoms with E-state index >= 15 is 0 Å². The molecule has 1 fully saturated rings. The minimum Gasteiger partial charge on any atom is -0.351 e. The Balaban J connectivity index is 1.88. The Labute approximate surface area is 100 Å². The Kier molecular flexibility index (Phi) is 3.88. The Morgan fingerprint density at radius 3 is 3.12 bits per heavy atom. The molecule has 0 unspecified atom stereocenters. The van der Waals surface area contributed by atoms with Gasteiger partial charge in [-0.2, -0.15) is 0 Å². The molecule has 1 saturated heterocycles. The summed E-state index contributed by atoms with van der Waals surface area (Å²) in [4.78, 5) is 22.3. The number of hydrogen-bond acceptors (Lipinski definition) is 3. The molecule has 1 aromatic carbocycles. The normalized spacial score (nSPS) is 18.9. The van der Waals surface area contributed by atoms with E-state index in [0.717, 1.165) is 31.2 Å². The van der Waals surface area contributed by atoms with Gasteiger partial charge in [0.2, 0.25) is 5.91 Å². The summed E-state index contributed by atoms with van der Waals surface area (Å²) in [5.41, 5.74) is 1.58. The monoisotopic (exact) mass is 232 g/mol. The number of nitrogens with one attached hydrogen (secondary N) is 2. The molecule has 2 N–H and O–H groups in total. The van der Waals surface area contributed by atoms with Gasteiger partial charge in [-0.15, -0.1) is 0 Å². The fourth-order valence-corrected chi connectivity index (χ4v) is 2.00. The van der Waals surface area contributed by atoms with Crippen molar-refractivity contribution in [3.63, 3.8) is 0 Å². The van der Waals surface area contributed by atoms with Crippen LogP contribution in [0.2, 0.25) is 0 Å². The zero-order valence-electron chi connectivity index (χ0n) is 9.61. The molecule has 0 saturated carbocycles. The van der Waals surface area contributed by atoms with Gasteiger partial charge in [-0.1, -0.05) is 18.2 Å². The highest BCUT2D eigenvalue weighted by Crippen LogP contribution is 2.06. The molecule has 0 radical (unpaired) electrons. The summed E-state index contributed by atoms with van der Waals surface area (Å²) in [7, 11) is 0. The second-order valence-corrected chi connectivity index (χ2v) is 4.23. The molecular formula is C13H16N2O2. The average Bonchev–Trinajstić information content (AvgIpc) is 2.90. The van der Waals surface area contributed by atoms with E-state index in [-0.39, 0.29) is 11.9 Å². The lowest BCUT2D eigenvalue weighted by molar-refractivity contribution is -0.122. The maximum absolute atomic E-state index is 11.7. The van der Waals surface area contributed by atoms with Crippen molar-refractivity contribution in [2.75, 3.05) is 6.54 Å². The number of rotatable bonds is 4. The standard InChI is InChI=1S/C13H16N2O2/c16-9-11-4-1-3-10(7-11)8-15-13(17)12-5-2-6-14-12/h1,3-4,7,9,12,14H,2,5-6,8H2,(H,15,17)/t12-/m0/s1. The molecule has 2 rings (SSSR count). The summed E-state index contributed by atoms with van der Waals surface area (Å²) in [6.45, 7) is 1.39. The quantitative estimate of drug-likeness (QED) is 0.757. The van der Waals surface area contributed by atoms with Crippen LogP contribution < -0.4 is 10.6 Å². The second kappa shape index (κ2) is 5.59. The summed E-state index contributed by atoms with van der Waals surface area (Å²) in [6.07, 6.45) is 2.77. The molecule has 4 nitrogen and oxygen atoms in total. The molecule has 1 heterocycles. The highest BCUT2D eigenvalue weighted by Gasteiger charge is 2.21. The van der Waals surface area contributed by atoms with Gasteiger partial charge in [0.1, 0.15) is 6.29 Å². The van der Waals surface area contributed by atoms with E-state index in [1.54, 1.807) is 12.1 Å². The molecule has 90 valence electrons. The topological polar surface area (TPSA) is 58.2 Å². The Morgan fingerprint density at radius 1 is 1.53 bits per heavy atom. The van der Waals surface area contributed by atoms with Crippen molar-refractivity contribution in [2.45, 2.75) is 25.4 Å². The lowest BCUT2D eigenvalue weighted by Crippen LogP contribution is -2.39. The first kappa shape index (κ1) is 11.8. The van der Waals surface area contributed by atoms with E-state index in [9.17, 15) is 9.59 Å². The lowest BCUT2D eigenvalue weighted by Gasteiger charge is -2.11. The van der Waals surface area contributed by atoms with E-state index in [0.29, 0.717) is 12.1 Å². The largest absolute Gasteiger partial charge is 0.351 e. The van der Waals surface area contributed by atoms with Crippen LogP contribution >= 0.6 is 0 Å². The van der Waals surface area contributed by atoms with Gasteiger partial charge in [-0.25, -0.2) is 0 Å². The predicted octanol–water partition coefficient (Wildman–Crippen LogP) is 0.867. The van der Waals surface area contributed by atoms with Crippen LogP contribution in [-0.2, 0) is 11.3 Å². The van der Waals surface area contributed by atoms with E-state index in [4.69, 9.17) is 0 Å². The SMILES string of the molecule is O=Cc1cccc(CNC(=O)[C@@H]2CCCN2)c1. The number of carbonyl (C=O) groups excluding carboxylic acids is 2. The van der Waals surface area contributed by atoms with E-state index in [1.165, 1.54) is 0 Å². The molecule has 0 aliphatic carbocycles. The molecular weight excluding hydrogens is 216 g/mol. The van der Waals surface area contributed by atoms with Crippen molar-refractivity contribution in [1.29, 1.82) is 0 Å².